The van der Waals surface area contributed by atoms with E-state index in [2.05, 4.69) is 5.48 Å². The summed E-state index contributed by atoms with van der Waals surface area (Å²) >= 11 is 6.35. The number of fused-ring (bicyclic) bond motifs is 1. The van der Waals surface area contributed by atoms with Crippen LogP contribution < -0.4 is 15.0 Å². The van der Waals surface area contributed by atoms with Gasteiger partial charge in [0.25, 0.3) is 0 Å². The van der Waals surface area contributed by atoms with Crippen molar-refractivity contribution in [3.63, 3.8) is 0 Å². The van der Waals surface area contributed by atoms with Crippen molar-refractivity contribution < 1.29 is 14.3 Å². The van der Waals surface area contributed by atoms with Gasteiger partial charge in [0.1, 0.15) is 6.10 Å². The molecule has 1 heterocycles. The fourth-order valence-corrected chi connectivity index (χ4v) is 2.29. The van der Waals surface area contributed by atoms with Crippen LogP contribution in [0.5, 0.6) is 11.5 Å². The van der Waals surface area contributed by atoms with E-state index in [-0.39, 0.29) is 6.10 Å². The summed E-state index contributed by atoms with van der Waals surface area (Å²) in [4.78, 5) is 4.83. The molecule has 0 saturated heterocycles. The Hall–Kier alpha value is -0.970. The SMILES string of the molecule is CONCc1cc(OC)c2c(c1Cl)CC(C)O2. The molecule has 1 aliphatic rings. The number of benzene rings is 1. The van der Waals surface area contributed by atoms with E-state index in [9.17, 15) is 0 Å². The molecule has 0 aliphatic carbocycles. The Morgan fingerprint density at radius 2 is 2.29 bits per heavy atom. The smallest absolute Gasteiger partial charge is 0.166 e. The summed E-state index contributed by atoms with van der Waals surface area (Å²) in [7, 11) is 3.20. The lowest BCUT2D eigenvalue weighted by Crippen LogP contribution is -2.11. The molecule has 0 spiro atoms. The van der Waals surface area contributed by atoms with Crippen molar-refractivity contribution in [2.45, 2.75) is 26.0 Å². The second-order valence-corrected chi connectivity index (χ2v) is 4.40. The summed E-state index contributed by atoms with van der Waals surface area (Å²) in [5.41, 5.74) is 4.74. The molecule has 1 unspecified atom stereocenters. The van der Waals surface area contributed by atoms with Crippen LogP contribution in [-0.2, 0) is 17.8 Å². The van der Waals surface area contributed by atoms with Gasteiger partial charge in [-0.15, -0.1) is 0 Å². The molecule has 0 saturated carbocycles. The summed E-state index contributed by atoms with van der Waals surface area (Å²) < 4.78 is 11.0. The Bertz CT molecular complexity index is 423. The number of hydrogen-bond donors (Lipinski definition) is 1. The average molecular weight is 258 g/mol. The molecule has 1 aliphatic heterocycles. The van der Waals surface area contributed by atoms with Gasteiger partial charge < -0.3 is 14.3 Å². The molecule has 94 valence electrons. The highest BCUT2D eigenvalue weighted by atomic mass is 35.5. The van der Waals surface area contributed by atoms with Crippen LogP contribution in [0.2, 0.25) is 5.02 Å². The third-order valence-electron chi connectivity index (χ3n) is 2.79. The van der Waals surface area contributed by atoms with Crippen molar-refractivity contribution in [1.82, 2.24) is 5.48 Å². The molecule has 0 fully saturated rings. The highest BCUT2D eigenvalue weighted by Crippen LogP contribution is 2.43. The Morgan fingerprint density at radius 1 is 1.53 bits per heavy atom. The molecule has 0 aromatic heterocycles. The zero-order valence-electron chi connectivity index (χ0n) is 10.2. The normalized spacial score (nSPS) is 17.8. The number of halogens is 1. The van der Waals surface area contributed by atoms with Crippen LogP contribution in [0.15, 0.2) is 6.07 Å². The summed E-state index contributed by atoms with van der Waals surface area (Å²) in [5, 5.41) is 0.731. The number of rotatable bonds is 4. The largest absolute Gasteiger partial charge is 0.493 e. The molecule has 17 heavy (non-hydrogen) atoms. The molecule has 2 rings (SSSR count). The Balaban J connectivity index is 2.40. The molecule has 5 heteroatoms. The van der Waals surface area contributed by atoms with E-state index in [0.29, 0.717) is 6.54 Å². The maximum Gasteiger partial charge on any atom is 0.166 e. The van der Waals surface area contributed by atoms with Crippen LogP contribution >= 0.6 is 11.6 Å². The van der Waals surface area contributed by atoms with Gasteiger partial charge in [0.15, 0.2) is 11.5 Å². The van der Waals surface area contributed by atoms with Gasteiger partial charge >= 0.3 is 0 Å². The maximum absolute atomic E-state index is 6.35. The molecular weight excluding hydrogens is 242 g/mol. The highest BCUT2D eigenvalue weighted by Gasteiger charge is 2.27. The average Bonchev–Trinajstić information content (AvgIpc) is 2.71. The molecular formula is C12H16ClNO3. The molecule has 4 nitrogen and oxygen atoms in total. The van der Waals surface area contributed by atoms with Gasteiger partial charge in [-0.05, 0) is 18.6 Å². The first-order valence-corrected chi connectivity index (χ1v) is 5.86. The van der Waals surface area contributed by atoms with Crippen molar-refractivity contribution >= 4 is 11.6 Å². The fraction of sp³-hybridized carbons (Fsp3) is 0.500. The second-order valence-electron chi connectivity index (χ2n) is 4.02. The lowest BCUT2D eigenvalue weighted by molar-refractivity contribution is 0.0867. The minimum Gasteiger partial charge on any atom is -0.493 e. The van der Waals surface area contributed by atoms with Crippen LogP contribution in [-0.4, -0.2) is 20.3 Å². The highest BCUT2D eigenvalue weighted by molar-refractivity contribution is 6.32. The lowest BCUT2D eigenvalue weighted by atomic mass is 10.1. The Labute approximate surface area is 106 Å². The van der Waals surface area contributed by atoms with Crippen molar-refractivity contribution in [1.29, 1.82) is 0 Å². The summed E-state index contributed by atoms with van der Waals surface area (Å²) in [5.74, 6) is 1.49. The van der Waals surface area contributed by atoms with Crippen LogP contribution in [0.4, 0.5) is 0 Å². The first-order valence-electron chi connectivity index (χ1n) is 5.48. The van der Waals surface area contributed by atoms with Gasteiger partial charge in [-0.25, -0.2) is 0 Å². The number of ether oxygens (including phenoxy) is 2. The molecule has 0 amide bonds. The van der Waals surface area contributed by atoms with Crippen LogP contribution in [0.1, 0.15) is 18.1 Å². The van der Waals surface area contributed by atoms with Gasteiger partial charge in [-0.1, -0.05) is 11.6 Å². The molecule has 1 aromatic carbocycles. The Morgan fingerprint density at radius 3 is 2.94 bits per heavy atom. The monoisotopic (exact) mass is 257 g/mol. The third-order valence-corrected chi connectivity index (χ3v) is 3.26. The van der Waals surface area contributed by atoms with Crippen LogP contribution in [0.25, 0.3) is 0 Å². The standard InChI is InChI=1S/C12H16ClNO3/c1-7-4-9-11(13)8(6-14-16-3)5-10(15-2)12(9)17-7/h5,7,14H,4,6H2,1-3H3. The lowest BCUT2D eigenvalue weighted by Gasteiger charge is -2.12. The van der Waals surface area contributed by atoms with E-state index in [0.717, 1.165) is 34.1 Å². The summed E-state index contributed by atoms with van der Waals surface area (Å²) in [6.07, 6.45) is 0.952. The molecule has 1 N–H and O–H groups in total. The second kappa shape index (κ2) is 5.12. The van der Waals surface area contributed by atoms with Gasteiger partial charge in [-0.2, -0.15) is 5.48 Å². The summed E-state index contributed by atoms with van der Waals surface area (Å²) in [6, 6.07) is 1.88. The van der Waals surface area contributed by atoms with E-state index in [1.165, 1.54) is 0 Å². The summed E-state index contributed by atoms with van der Waals surface area (Å²) in [6.45, 7) is 2.55. The molecule has 1 aromatic rings. The van der Waals surface area contributed by atoms with Gasteiger partial charge in [0, 0.05) is 18.5 Å². The zero-order chi connectivity index (χ0) is 12.4. The van der Waals surface area contributed by atoms with Crippen molar-refractivity contribution in [3.05, 3.63) is 22.2 Å². The number of hydroxylamine groups is 1. The third kappa shape index (κ3) is 2.34. The maximum atomic E-state index is 6.35. The van der Waals surface area contributed by atoms with Crippen molar-refractivity contribution in [2.24, 2.45) is 0 Å². The van der Waals surface area contributed by atoms with Crippen LogP contribution in [0, 0.1) is 0 Å². The molecule has 1 atom stereocenters. The Kier molecular flexibility index (Phi) is 3.76. The topological polar surface area (TPSA) is 39.7 Å². The van der Waals surface area contributed by atoms with Crippen LogP contribution in [0.3, 0.4) is 0 Å². The predicted octanol–water partition coefficient (Wildman–Crippen LogP) is 2.32. The first kappa shape index (κ1) is 12.5. The van der Waals surface area contributed by atoms with Gasteiger partial charge in [0.2, 0.25) is 0 Å². The molecule has 0 bridgehead atoms. The number of methoxy groups -OCH3 is 1. The van der Waals surface area contributed by atoms with Crippen molar-refractivity contribution in [2.75, 3.05) is 14.2 Å². The van der Waals surface area contributed by atoms with Crippen molar-refractivity contribution in [3.8, 4) is 11.5 Å². The predicted molar refractivity (Wildman–Crippen MR) is 65.6 cm³/mol. The van der Waals surface area contributed by atoms with Gasteiger partial charge in [-0.3, -0.25) is 0 Å². The number of hydrogen-bond acceptors (Lipinski definition) is 4. The quantitative estimate of drug-likeness (QED) is 0.841. The van der Waals surface area contributed by atoms with E-state index in [1.807, 2.05) is 13.0 Å². The van der Waals surface area contributed by atoms with E-state index in [4.69, 9.17) is 25.9 Å². The fourth-order valence-electron chi connectivity index (χ4n) is 2.00. The molecule has 0 radical (unpaired) electrons. The van der Waals surface area contributed by atoms with E-state index >= 15 is 0 Å². The minimum atomic E-state index is 0.141. The van der Waals surface area contributed by atoms with Gasteiger partial charge in [0.05, 0.1) is 19.2 Å². The zero-order valence-corrected chi connectivity index (χ0v) is 10.9. The first-order chi connectivity index (χ1) is 8.17. The minimum absolute atomic E-state index is 0.141. The van der Waals surface area contributed by atoms with E-state index < -0.39 is 0 Å². The van der Waals surface area contributed by atoms with E-state index in [1.54, 1.807) is 14.2 Å². The number of nitrogens with one attached hydrogen (secondary N) is 1.